The van der Waals surface area contributed by atoms with E-state index in [0.29, 0.717) is 6.54 Å². The largest absolute Gasteiger partial charge is 0.364 e. The van der Waals surface area contributed by atoms with Crippen molar-refractivity contribution in [2.75, 3.05) is 6.54 Å². The van der Waals surface area contributed by atoms with Crippen molar-refractivity contribution in [1.82, 2.24) is 5.32 Å². The summed E-state index contributed by atoms with van der Waals surface area (Å²) in [6.07, 6.45) is 1.30. The SMILES string of the molecule is Cc1cccc(C(C)NC(=O)[C@@H]2CC[C@H](CN)O2)c1C. The first kappa shape index (κ1) is 15.0. The molecule has 2 rings (SSSR count). The molecule has 4 heteroatoms. The van der Waals surface area contributed by atoms with Crippen LogP contribution in [0.25, 0.3) is 0 Å². The van der Waals surface area contributed by atoms with E-state index in [1.807, 2.05) is 13.0 Å². The average molecular weight is 276 g/mol. The molecule has 110 valence electrons. The molecule has 20 heavy (non-hydrogen) atoms. The van der Waals surface area contributed by atoms with Crippen LogP contribution in [0.2, 0.25) is 0 Å². The Bertz CT molecular complexity index is 487. The van der Waals surface area contributed by atoms with Crippen molar-refractivity contribution in [3.63, 3.8) is 0 Å². The molecular formula is C16H24N2O2. The third-order valence-corrected chi connectivity index (χ3v) is 4.13. The second kappa shape index (κ2) is 6.37. The maximum atomic E-state index is 12.2. The van der Waals surface area contributed by atoms with E-state index in [9.17, 15) is 4.79 Å². The van der Waals surface area contributed by atoms with Gasteiger partial charge >= 0.3 is 0 Å². The average Bonchev–Trinajstić information content (AvgIpc) is 2.90. The van der Waals surface area contributed by atoms with E-state index in [1.54, 1.807) is 0 Å². The zero-order valence-electron chi connectivity index (χ0n) is 12.5. The summed E-state index contributed by atoms with van der Waals surface area (Å²) in [6, 6.07) is 6.16. The molecule has 0 spiro atoms. The smallest absolute Gasteiger partial charge is 0.249 e. The van der Waals surface area contributed by atoms with E-state index in [-0.39, 0.29) is 24.2 Å². The lowest BCUT2D eigenvalue weighted by atomic mass is 9.98. The van der Waals surface area contributed by atoms with Gasteiger partial charge < -0.3 is 15.8 Å². The van der Waals surface area contributed by atoms with E-state index < -0.39 is 0 Å². The molecule has 0 aliphatic carbocycles. The lowest BCUT2D eigenvalue weighted by Crippen LogP contribution is -2.37. The van der Waals surface area contributed by atoms with E-state index in [2.05, 4.69) is 31.3 Å². The molecule has 1 aromatic carbocycles. The molecular weight excluding hydrogens is 252 g/mol. The van der Waals surface area contributed by atoms with Crippen LogP contribution >= 0.6 is 0 Å². The number of amides is 1. The van der Waals surface area contributed by atoms with Gasteiger partial charge in [-0.2, -0.15) is 0 Å². The molecule has 3 N–H and O–H groups in total. The molecule has 0 bridgehead atoms. The van der Waals surface area contributed by atoms with Gasteiger partial charge in [0.15, 0.2) is 0 Å². The molecule has 0 radical (unpaired) electrons. The number of carbonyl (C=O) groups excluding carboxylic acids is 1. The summed E-state index contributed by atoms with van der Waals surface area (Å²) in [4.78, 5) is 12.2. The predicted octanol–water partition coefficient (Wildman–Crippen LogP) is 1.99. The van der Waals surface area contributed by atoms with Gasteiger partial charge in [-0.05, 0) is 50.3 Å². The summed E-state index contributed by atoms with van der Waals surface area (Å²) < 4.78 is 5.63. The standard InChI is InChI=1S/C16H24N2O2/c1-10-5-4-6-14(11(10)2)12(3)18-16(19)15-8-7-13(9-17)20-15/h4-6,12-13,15H,7-9,17H2,1-3H3,(H,18,19)/t12?,13-,15+/m1/s1. The molecule has 1 unspecified atom stereocenters. The molecule has 4 nitrogen and oxygen atoms in total. The fraction of sp³-hybridized carbons (Fsp3) is 0.562. The number of benzene rings is 1. The molecule has 1 aliphatic heterocycles. The Balaban J connectivity index is 1.99. The minimum absolute atomic E-state index is 0.0112. The zero-order valence-corrected chi connectivity index (χ0v) is 12.5. The number of hydrogen-bond acceptors (Lipinski definition) is 3. The predicted molar refractivity (Wildman–Crippen MR) is 79.4 cm³/mol. The first-order valence-corrected chi connectivity index (χ1v) is 7.25. The highest BCUT2D eigenvalue weighted by Gasteiger charge is 2.30. The summed E-state index contributed by atoms with van der Waals surface area (Å²) >= 11 is 0. The molecule has 1 saturated heterocycles. The summed E-state index contributed by atoms with van der Waals surface area (Å²) in [5.41, 5.74) is 9.20. The van der Waals surface area contributed by atoms with E-state index in [1.165, 1.54) is 11.1 Å². The van der Waals surface area contributed by atoms with Gasteiger partial charge in [0.2, 0.25) is 5.91 Å². The Labute approximate surface area is 120 Å². The first-order chi connectivity index (χ1) is 9.52. The van der Waals surface area contributed by atoms with Crippen molar-refractivity contribution in [3.8, 4) is 0 Å². The molecule has 1 aromatic rings. The van der Waals surface area contributed by atoms with Gasteiger partial charge in [0.05, 0.1) is 12.1 Å². The minimum Gasteiger partial charge on any atom is -0.364 e. The molecule has 0 aromatic heterocycles. The number of rotatable bonds is 4. The van der Waals surface area contributed by atoms with Crippen molar-refractivity contribution in [1.29, 1.82) is 0 Å². The Hall–Kier alpha value is -1.39. The highest BCUT2D eigenvalue weighted by atomic mass is 16.5. The van der Waals surface area contributed by atoms with Crippen molar-refractivity contribution < 1.29 is 9.53 Å². The quantitative estimate of drug-likeness (QED) is 0.884. The molecule has 1 heterocycles. The zero-order chi connectivity index (χ0) is 14.7. The molecule has 3 atom stereocenters. The number of aryl methyl sites for hydroxylation is 1. The fourth-order valence-electron chi connectivity index (χ4n) is 2.70. The highest BCUT2D eigenvalue weighted by molar-refractivity contribution is 5.81. The highest BCUT2D eigenvalue weighted by Crippen LogP contribution is 2.23. The number of ether oxygens (including phenoxy) is 1. The summed E-state index contributed by atoms with van der Waals surface area (Å²) in [5, 5.41) is 3.05. The maximum Gasteiger partial charge on any atom is 0.249 e. The van der Waals surface area contributed by atoms with Gasteiger partial charge in [-0.15, -0.1) is 0 Å². The third kappa shape index (κ3) is 3.19. The van der Waals surface area contributed by atoms with Gasteiger partial charge in [0.25, 0.3) is 0 Å². The summed E-state index contributed by atoms with van der Waals surface area (Å²) in [5.74, 6) is -0.0330. The van der Waals surface area contributed by atoms with Gasteiger partial charge in [-0.25, -0.2) is 0 Å². The van der Waals surface area contributed by atoms with Gasteiger partial charge in [-0.3, -0.25) is 4.79 Å². The van der Waals surface area contributed by atoms with Gasteiger partial charge in [0.1, 0.15) is 6.10 Å². The molecule has 1 aliphatic rings. The van der Waals surface area contributed by atoms with Crippen LogP contribution in [-0.2, 0) is 9.53 Å². The number of nitrogens with one attached hydrogen (secondary N) is 1. The van der Waals surface area contributed by atoms with E-state index >= 15 is 0 Å². The Morgan fingerprint density at radius 2 is 2.20 bits per heavy atom. The maximum absolute atomic E-state index is 12.2. The van der Waals surface area contributed by atoms with Gasteiger partial charge in [0, 0.05) is 6.54 Å². The van der Waals surface area contributed by atoms with Crippen molar-refractivity contribution in [2.24, 2.45) is 5.73 Å². The summed E-state index contributed by atoms with van der Waals surface area (Å²) in [6.45, 7) is 6.66. The second-order valence-electron chi connectivity index (χ2n) is 5.58. The monoisotopic (exact) mass is 276 g/mol. The topological polar surface area (TPSA) is 64.4 Å². The third-order valence-electron chi connectivity index (χ3n) is 4.13. The van der Waals surface area contributed by atoms with Crippen molar-refractivity contribution in [3.05, 3.63) is 34.9 Å². The second-order valence-corrected chi connectivity index (χ2v) is 5.58. The van der Waals surface area contributed by atoms with E-state index in [0.717, 1.165) is 18.4 Å². The normalized spacial score (nSPS) is 23.6. The van der Waals surface area contributed by atoms with Crippen molar-refractivity contribution in [2.45, 2.75) is 51.9 Å². The van der Waals surface area contributed by atoms with Crippen LogP contribution in [0.3, 0.4) is 0 Å². The lowest BCUT2D eigenvalue weighted by Gasteiger charge is -2.20. The number of nitrogens with two attached hydrogens (primary N) is 1. The Morgan fingerprint density at radius 1 is 1.45 bits per heavy atom. The van der Waals surface area contributed by atoms with Crippen LogP contribution in [0.5, 0.6) is 0 Å². The van der Waals surface area contributed by atoms with Crippen LogP contribution in [0, 0.1) is 13.8 Å². The van der Waals surface area contributed by atoms with Gasteiger partial charge in [-0.1, -0.05) is 18.2 Å². The fourth-order valence-corrected chi connectivity index (χ4v) is 2.70. The van der Waals surface area contributed by atoms with Crippen LogP contribution in [0.15, 0.2) is 18.2 Å². The lowest BCUT2D eigenvalue weighted by molar-refractivity contribution is -0.132. The summed E-state index contributed by atoms with van der Waals surface area (Å²) in [7, 11) is 0. The Morgan fingerprint density at radius 3 is 2.85 bits per heavy atom. The van der Waals surface area contributed by atoms with E-state index in [4.69, 9.17) is 10.5 Å². The Kier molecular flexibility index (Phi) is 4.78. The minimum atomic E-state index is -0.351. The van der Waals surface area contributed by atoms with Crippen LogP contribution < -0.4 is 11.1 Å². The number of carbonyl (C=O) groups is 1. The van der Waals surface area contributed by atoms with Crippen LogP contribution in [0.1, 0.15) is 42.5 Å². The molecule has 1 amide bonds. The van der Waals surface area contributed by atoms with Crippen LogP contribution in [0.4, 0.5) is 0 Å². The molecule has 1 fully saturated rings. The van der Waals surface area contributed by atoms with Crippen LogP contribution in [-0.4, -0.2) is 24.7 Å². The number of hydrogen-bond donors (Lipinski definition) is 2. The van der Waals surface area contributed by atoms with Crippen molar-refractivity contribution >= 4 is 5.91 Å². The molecule has 0 saturated carbocycles. The first-order valence-electron chi connectivity index (χ1n) is 7.25.